The van der Waals surface area contributed by atoms with Crippen LogP contribution in [-0.4, -0.2) is 54.7 Å². The number of carbonyl (C=O) groups is 2. The Hall–Kier alpha value is -2.34. The average molecular weight is 302 g/mol. The van der Waals surface area contributed by atoms with E-state index in [0.717, 1.165) is 16.5 Å². The molecule has 1 fully saturated rings. The molecule has 1 N–H and O–H groups in total. The van der Waals surface area contributed by atoms with Crippen molar-refractivity contribution in [2.24, 2.45) is 0 Å². The van der Waals surface area contributed by atoms with E-state index in [0.29, 0.717) is 13.0 Å². The Balaban J connectivity index is 1.82. The van der Waals surface area contributed by atoms with Crippen LogP contribution in [0.5, 0.6) is 0 Å². The molecule has 0 saturated carbocycles. The molecule has 2 heterocycles. The Bertz CT molecular complexity index is 709. The smallest absolute Gasteiger partial charge is 0.324 e. The van der Waals surface area contributed by atoms with Crippen LogP contribution in [0.15, 0.2) is 30.5 Å². The van der Waals surface area contributed by atoms with Gasteiger partial charge in [0.2, 0.25) is 0 Å². The number of benzene rings is 1. The number of para-hydroxylation sites is 1. The standard InChI is InChI=1S/C16H18N2O4/c1-21-15(19)13(18-9-14(18)16(20)22-2)7-10-8-17-12-6-4-3-5-11(10)12/h3-6,8,13-14,17H,7,9H2,1-2H3/t13-,14-,18?/m0/s1. The number of esters is 2. The van der Waals surface area contributed by atoms with Gasteiger partial charge in [-0.05, 0) is 11.6 Å². The summed E-state index contributed by atoms with van der Waals surface area (Å²) in [5.41, 5.74) is 2.05. The van der Waals surface area contributed by atoms with Crippen LogP contribution in [0, 0.1) is 0 Å². The number of rotatable bonds is 5. The highest BCUT2D eigenvalue weighted by Gasteiger charge is 2.48. The second-order valence-corrected chi connectivity index (χ2v) is 5.34. The number of H-pyrrole nitrogens is 1. The summed E-state index contributed by atoms with van der Waals surface area (Å²) in [4.78, 5) is 28.7. The van der Waals surface area contributed by atoms with Gasteiger partial charge in [-0.1, -0.05) is 18.2 Å². The summed E-state index contributed by atoms with van der Waals surface area (Å²) >= 11 is 0. The maximum Gasteiger partial charge on any atom is 0.324 e. The molecule has 22 heavy (non-hydrogen) atoms. The fourth-order valence-corrected chi connectivity index (χ4v) is 2.82. The van der Waals surface area contributed by atoms with E-state index >= 15 is 0 Å². The molecule has 1 aliphatic heterocycles. The van der Waals surface area contributed by atoms with Crippen molar-refractivity contribution in [3.8, 4) is 0 Å². The molecular formula is C16H18N2O4. The lowest BCUT2D eigenvalue weighted by atomic mass is 10.0. The van der Waals surface area contributed by atoms with E-state index in [1.54, 1.807) is 4.90 Å². The Kier molecular flexibility index (Phi) is 3.85. The van der Waals surface area contributed by atoms with E-state index < -0.39 is 6.04 Å². The summed E-state index contributed by atoms with van der Waals surface area (Å²) in [6.07, 6.45) is 2.39. The van der Waals surface area contributed by atoms with E-state index in [9.17, 15) is 9.59 Å². The van der Waals surface area contributed by atoms with Gasteiger partial charge in [0.15, 0.2) is 0 Å². The van der Waals surface area contributed by atoms with Gasteiger partial charge < -0.3 is 14.5 Å². The first-order valence-electron chi connectivity index (χ1n) is 7.12. The molecule has 3 atom stereocenters. The Labute approximate surface area is 128 Å². The molecule has 0 aliphatic carbocycles. The lowest BCUT2D eigenvalue weighted by Crippen LogP contribution is -2.35. The van der Waals surface area contributed by atoms with Gasteiger partial charge in [0.25, 0.3) is 0 Å². The Morgan fingerprint density at radius 1 is 1.32 bits per heavy atom. The second kappa shape index (κ2) is 5.81. The molecule has 3 rings (SSSR count). The van der Waals surface area contributed by atoms with Crippen molar-refractivity contribution >= 4 is 22.8 Å². The van der Waals surface area contributed by atoms with Crippen molar-refractivity contribution in [2.45, 2.75) is 18.5 Å². The lowest BCUT2D eigenvalue weighted by molar-refractivity contribution is -0.146. The van der Waals surface area contributed by atoms with Crippen LogP contribution in [0.1, 0.15) is 5.56 Å². The normalized spacial score (nSPS) is 21.4. The minimum Gasteiger partial charge on any atom is -0.468 e. The highest BCUT2D eigenvalue weighted by molar-refractivity contribution is 5.86. The molecule has 6 nitrogen and oxygen atoms in total. The van der Waals surface area contributed by atoms with E-state index in [1.807, 2.05) is 30.5 Å². The van der Waals surface area contributed by atoms with Crippen LogP contribution >= 0.6 is 0 Å². The van der Waals surface area contributed by atoms with Gasteiger partial charge in [-0.15, -0.1) is 0 Å². The number of aromatic nitrogens is 1. The quantitative estimate of drug-likeness (QED) is 0.662. The molecule has 6 heteroatoms. The maximum absolute atomic E-state index is 12.1. The third-order valence-electron chi connectivity index (χ3n) is 4.09. The predicted molar refractivity (Wildman–Crippen MR) is 80.3 cm³/mol. The highest BCUT2D eigenvalue weighted by Crippen LogP contribution is 2.28. The van der Waals surface area contributed by atoms with Crippen molar-refractivity contribution in [2.75, 3.05) is 20.8 Å². The van der Waals surface area contributed by atoms with E-state index in [2.05, 4.69) is 4.98 Å². The number of methoxy groups -OCH3 is 2. The van der Waals surface area contributed by atoms with Crippen molar-refractivity contribution in [1.82, 2.24) is 9.88 Å². The fraction of sp³-hybridized carbons (Fsp3) is 0.375. The monoisotopic (exact) mass is 302 g/mol. The highest BCUT2D eigenvalue weighted by atomic mass is 16.5. The molecule has 116 valence electrons. The zero-order valence-corrected chi connectivity index (χ0v) is 12.5. The molecule has 1 aromatic heterocycles. The molecule has 1 saturated heterocycles. The average Bonchev–Trinajstić information content (AvgIpc) is 3.25. The summed E-state index contributed by atoms with van der Waals surface area (Å²) < 4.78 is 9.63. The Morgan fingerprint density at radius 2 is 2.09 bits per heavy atom. The first-order chi connectivity index (χ1) is 10.7. The molecule has 0 radical (unpaired) electrons. The second-order valence-electron chi connectivity index (χ2n) is 5.34. The molecule has 0 amide bonds. The number of hydrogen-bond donors (Lipinski definition) is 1. The summed E-state index contributed by atoms with van der Waals surface area (Å²) in [7, 11) is 2.72. The number of nitrogens with zero attached hydrogens (tertiary/aromatic N) is 1. The van der Waals surface area contributed by atoms with Crippen molar-refractivity contribution in [3.05, 3.63) is 36.0 Å². The zero-order chi connectivity index (χ0) is 15.7. The summed E-state index contributed by atoms with van der Waals surface area (Å²) in [5, 5.41) is 1.08. The van der Waals surface area contributed by atoms with E-state index in [-0.39, 0.29) is 18.0 Å². The van der Waals surface area contributed by atoms with Crippen LogP contribution in [0.2, 0.25) is 0 Å². The largest absolute Gasteiger partial charge is 0.468 e. The van der Waals surface area contributed by atoms with Crippen molar-refractivity contribution < 1.29 is 19.1 Å². The van der Waals surface area contributed by atoms with Gasteiger partial charge >= 0.3 is 11.9 Å². The predicted octanol–water partition coefficient (Wildman–Crippen LogP) is 1.11. The van der Waals surface area contributed by atoms with Gasteiger partial charge in [-0.2, -0.15) is 0 Å². The molecule has 1 aromatic carbocycles. The van der Waals surface area contributed by atoms with Gasteiger partial charge in [0.05, 0.1) is 14.2 Å². The molecule has 0 bridgehead atoms. The summed E-state index contributed by atoms with van der Waals surface area (Å²) in [6, 6.07) is 7.09. The number of nitrogens with one attached hydrogen (secondary N) is 1. The van der Waals surface area contributed by atoms with Crippen molar-refractivity contribution in [3.63, 3.8) is 0 Å². The van der Waals surface area contributed by atoms with Gasteiger partial charge in [-0.3, -0.25) is 14.5 Å². The van der Waals surface area contributed by atoms with Crippen LogP contribution in [0.25, 0.3) is 10.9 Å². The van der Waals surface area contributed by atoms with Crippen molar-refractivity contribution in [1.29, 1.82) is 0 Å². The SMILES string of the molecule is COC(=O)[C@H](Cc1c[nH]c2ccccc12)N1C[C@H]1C(=O)OC. The molecule has 2 aromatic rings. The van der Waals surface area contributed by atoms with Gasteiger partial charge in [-0.25, -0.2) is 0 Å². The summed E-state index contributed by atoms with van der Waals surface area (Å²) in [5.74, 6) is -0.649. The number of ether oxygens (including phenoxy) is 2. The number of aromatic amines is 1. The number of carbonyl (C=O) groups excluding carboxylic acids is 2. The first-order valence-corrected chi connectivity index (χ1v) is 7.12. The topological polar surface area (TPSA) is 71.4 Å². The van der Waals surface area contributed by atoms with Crippen LogP contribution < -0.4 is 0 Å². The van der Waals surface area contributed by atoms with Crippen LogP contribution in [0.3, 0.4) is 0 Å². The lowest BCUT2D eigenvalue weighted by Gasteiger charge is -2.16. The third kappa shape index (κ3) is 2.57. The number of hydrogen-bond acceptors (Lipinski definition) is 5. The maximum atomic E-state index is 12.1. The van der Waals surface area contributed by atoms with Gasteiger partial charge in [0, 0.05) is 30.1 Å². The zero-order valence-electron chi connectivity index (χ0n) is 12.5. The fourth-order valence-electron chi connectivity index (χ4n) is 2.82. The van der Waals surface area contributed by atoms with Gasteiger partial charge in [0.1, 0.15) is 12.1 Å². The molecule has 0 spiro atoms. The molecular weight excluding hydrogens is 284 g/mol. The van der Waals surface area contributed by atoms with Crippen LogP contribution in [-0.2, 0) is 25.5 Å². The minimum absolute atomic E-state index is 0.312. The Morgan fingerprint density at radius 3 is 2.82 bits per heavy atom. The third-order valence-corrected chi connectivity index (χ3v) is 4.09. The first kappa shape index (κ1) is 14.6. The summed E-state index contributed by atoms with van der Waals surface area (Å²) in [6.45, 7) is 0.523. The number of fused-ring (bicyclic) bond motifs is 1. The van der Waals surface area contributed by atoms with Crippen LogP contribution in [0.4, 0.5) is 0 Å². The molecule has 1 unspecified atom stereocenters. The molecule has 1 aliphatic rings. The van der Waals surface area contributed by atoms with E-state index in [1.165, 1.54) is 14.2 Å². The van der Waals surface area contributed by atoms with E-state index in [4.69, 9.17) is 9.47 Å². The minimum atomic E-state index is -0.478.